The number of hydrogen-bond acceptors (Lipinski definition) is 1. The highest BCUT2D eigenvalue weighted by Gasteiger charge is 2.20. The molecule has 0 aliphatic carbocycles. The maximum Gasteiger partial charge on any atom is 0.125 e. The van der Waals surface area contributed by atoms with E-state index in [1.54, 1.807) is 24.3 Å². The van der Waals surface area contributed by atoms with Crippen LogP contribution in [0.5, 0.6) is 0 Å². The summed E-state index contributed by atoms with van der Waals surface area (Å²) < 4.78 is 13.8. The van der Waals surface area contributed by atoms with Gasteiger partial charge in [-0.05, 0) is 49.5 Å². The molecule has 1 saturated heterocycles. The summed E-state index contributed by atoms with van der Waals surface area (Å²) in [5.41, 5.74) is 0.742. The van der Waals surface area contributed by atoms with Gasteiger partial charge in [-0.15, -0.1) is 0 Å². The Hall–Kier alpha value is -0.600. The summed E-state index contributed by atoms with van der Waals surface area (Å²) in [6.07, 6.45) is 0.856. The van der Waals surface area contributed by atoms with Gasteiger partial charge in [0.25, 0.3) is 0 Å². The largest absolute Gasteiger partial charge is 0.316 e. The van der Waals surface area contributed by atoms with Gasteiger partial charge in [-0.25, -0.2) is 4.39 Å². The first-order valence-corrected chi connectivity index (χ1v) is 5.74. The van der Waals surface area contributed by atoms with Gasteiger partial charge in [0.15, 0.2) is 0 Å². The predicted octanol–water partition coefficient (Wildman–Crippen LogP) is 3.35. The van der Waals surface area contributed by atoms with Crippen molar-refractivity contribution in [1.29, 1.82) is 0 Å². The molecular formula is C12H15ClFN. The average molecular weight is 228 g/mol. The summed E-state index contributed by atoms with van der Waals surface area (Å²) in [6.45, 7) is 1.98. The average Bonchev–Trinajstić information content (AvgIpc) is 2.71. The van der Waals surface area contributed by atoms with Crippen molar-refractivity contribution in [3.05, 3.63) is 34.9 Å². The zero-order chi connectivity index (χ0) is 10.7. The second-order valence-electron chi connectivity index (χ2n) is 4.11. The third-order valence-corrected chi connectivity index (χ3v) is 3.19. The van der Waals surface area contributed by atoms with Crippen LogP contribution in [0.25, 0.3) is 0 Å². The van der Waals surface area contributed by atoms with Crippen molar-refractivity contribution in [3.63, 3.8) is 0 Å². The molecule has 82 valence electrons. The van der Waals surface area contributed by atoms with Gasteiger partial charge < -0.3 is 5.32 Å². The van der Waals surface area contributed by atoms with E-state index in [4.69, 9.17) is 11.6 Å². The van der Waals surface area contributed by atoms with Crippen molar-refractivity contribution in [2.75, 3.05) is 13.1 Å². The number of halogens is 2. The van der Waals surface area contributed by atoms with E-state index in [0.717, 1.165) is 25.1 Å². The van der Waals surface area contributed by atoms with E-state index in [2.05, 4.69) is 5.32 Å². The first-order valence-electron chi connectivity index (χ1n) is 5.36. The molecule has 1 aromatic rings. The molecule has 1 aliphatic heterocycles. The molecule has 2 atom stereocenters. The summed E-state index contributed by atoms with van der Waals surface area (Å²) in [7, 11) is 0. The fraction of sp³-hybridized carbons (Fsp3) is 0.500. The second kappa shape index (κ2) is 4.95. The Kier molecular flexibility index (Phi) is 3.60. The van der Waals surface area contributed by atoms with Crippen LogP contribution in [0.2, 0.25) is 5.02 Å². The predicted molar refractivity (Wildman–Crippen MR) is 60.9 cm³/mol. The SMILES string of the molecule is FC(CC1CCNC1)c1ccc(Cl)cc1. The van der Waals surface area contributed by atoms with Crippen molar-refractivity contribution < 1.29 is 4.39 Å². The van der Waals surface area contributed by atoms with Crippen LogP contribution in [0.3, 0.4) is 0 Å². The molecule has 0 spiro atoms. The first-order chi connectivity index (χ1) is 7.25. The van der Waals surface area contributed by atoms with Crippen LogP contribution in [-0.2, 0) is 0 Å². The molecule has 1 N–H and O–H groups in total. The molecule has 1 fully saturated rings. The van der Waals surface area contributed by atoms with Gasteiger partial charge in [0.1, 0.15) is 6.17 Å². The van der Waals surface area contributed by atoms with E-state index in [1.807, 2.05) is 0 Å². The maximum atomic E-state index is 13.8. The normalized spacial score (nSPS) is 22.9. The Balaban J connectivity index is 1.94. The molecule has 1 aromatic carbocycles. The molecule has 0 saturated carbocycles. The molecule has 0 amide bonds. The van der Waals surface area contributed by atoms with E-state index in [0.29, 0.717) is 17.4 Å². The van der Waals surface area contributed by atoms with Gasteiger partial charge in [0.05, 0.1) is 0 Å². The summed E-state index contributed by atoms with van der Waals surface area (Å²) in [5.74, 6) is 0.482. The lowest BCUT2D eigenvalue weighted by molar-refractivity contribution is 0.281. The minimum atomic E-state index is -0.854. The van der Waals surface area contributed by atoms with Crippen LogP contribution in [0.1, 0.15) is 24.6 Å². The minimum absolute atomic E-state index is 0.482. The van der Waals surface area contributed by atoms with Crippen LogP contribution < -0.4 is 5.32 Å². The summed E-state index contributed by atoms with van der Waals surface area (Å²) >= 11 is 5.75. The molecule has 1 nitrogen and oxygen atoms in total. The van der Waals surface area contributed by atoms with Crippen LogP contribution in [0.15, 0.2) is 24.3 Å². The van der Waals surface area contributed by atoms with Crippen molar-refractivity contribution in [3.8, 4) is 0 Å². The monoisotopic (exact) mass is 227 g/mol. The smallest absolute Gasteiger partial charge is 0.125 e. The highest BCUT2D eigenvalue weighted by molar-refractivity contribution is 6.30. The first kappa shape index (κ1) is 10.9. The molecule has 0 aromatic heterocycles. The maximum absolute atomic E-state index is 13.8. The summed E-state index contributed by atoms with van der Waals surface area (Å²) in [5, 5.41) is 3.91. The van der Waals surface area contributed by atoms with Crippen molar-refractivity contribution >= 4 is 11.6 Å². The number of rotatable bonds is 3. The van der Waals surface area contributed by atoms with Crippen molar-refractivity contribution in [1.82, 2.24) is 5.32 Å². The number of nitrogens with one attached hydrogen (secondary N) is 1. The Morgan fingerprint density at radius 1 is 1.40 bits per heavy atom. The molecule has 0 radical (unpaired) electrons. The number of benzene rings is 1. The van der Waals surface area contributed by atoms with Gasteiger partial charge in [-0.2, -0.15) is 0 Å². The second-order valence-corrected chi connectivity index (χ2v) is 4.55. The van der Waals surface area contributed by atoms with Crippen molar-refractivity contribution in [2.45, 2.75) is 19.0 Å². The zero-order valence-electron chi connectivity index (χ0n) is 8.55. The van der Waals surface area contributed by atoms with Crippen molar-refractivity contribution in [2.24, 2.45) is 5.92 Å². The Bertz CT molecular complexity index is 306. The van der Waals surface area contributed by atoms with Gasteiger partial charge in [0, 0.05) is 5.02 Å². The van der Waals surface area contributed by atoms with E-state index in [9.17, 15) is 4.39 Å². The van der Waals surface area contributed by atoms with Gasteiger partial charge in [0.2, 0.25) is 0 Å². The molecule has 0 bridgehead atoms. The van der Waals surface area contributed by atoms with Crippen LogP contribution >= 0.6 is 11.6 Å². The van der Waals surface area contributed by atoms with E-state index >= 15 is 0 Å². The third kappa shape index (κ3) is 2.93. The van der Waals surface area contributed by atoms with Crippen LogP contribution in [-0.4, -0.2) is 13.1 Å². The van der Waals surface area contributed by atoms with E-state index in [1.165, 1.54) is 0 Å². The topological polar surface area (TPSA) is 12.0 Å². The summed E-state index contributed by atoms with van der Waals surface area (Å²) in [6, 6.07) is 7.04. The quantitative estimate of drug-likeness (QED) is 0.835. The lowest BCUT2D eigenvalue weighted by Crippen LogP contribution is -2.10. The number of hydrogen-bond donors (Lipinski definition) is 1. The molecule has 2 unspecified atom stereocenters. The molecule has 2 rings (SSSR count). The zero-order valence-corrected chi connectivity index (χ0v) is 9.30. The lowest BCUT2D eigenvalue weighted by Gasteiger charge is -2.13. The Labute approximate surface area is 94.6 Å². The Morgan fingerprint density at radius 2 is 2.13 bits per heavy atom. The molecule has 1 heterocycles. The lowest BCUT2D eigenvalue weighted by atomic mass is 9.97. The van der Waals surface area contributed by atoms with Gasteiger partial charge in [-0.3, -0.25) is 0 Å². The molecule has 15 heavy (non-hydrogen) atoms. The molecular weight excluding hydrogens is 213 g/mol. The van der Waals surface area contributed by atoms with Crippen LogP contribution in [0, 0.1) is 5.92 Å². The Morgan fingerprint density at radius 3 is 2.73 bits per heavy atom. The third-order valence-electron chi connectivity index (χ3n) is 2.93. The highest BCUT2D eigenvalue weighted by atomic mass is 35.5. The highest BCUT2D eigenvalue weighted by Crippen LogP contribution is 2.28. The van der Waals surface area contributed by atoms with E-state index < -0.39 is 6.17 Å². The molecule has 3 heteroatoms. The van der Waals surface area contributed by atoms with E-state index in [-0.39, 0.29) is 0 Å². The number of alkyl halides is 1. The standard InChI is InChI=1S/C12H15ClFN/c13-11-3-1-10(2-4-11)12(14)7-9-5-6-15-8-9/h1-4,9,12,15H,5-8H2. The fourth-order valence-corrected chi connectivity index (χ4v) is 2.14. The van der Waals surface area contributed by atoms with Crippen LogP contribution in [0.4, 0.5) is 4.39 Å². The fourth-order valence-electron chi connectivity index (χ4n) is 2.02. The van der Waals surface area contributed by atoms with Gasteiger partial charge in [-0.1, -0.05) is 23.7 Å². The summed E-state index contributed by atoms with van der Waals surface area (Å²) in [4.78, 5) is 0. The minimum Gasteiger partial charge on any atom is -0.316 e. The molecule has 1 aliphatic rings. The van der Waals surface area contributed by atoms with Gasteiger partial charge >= 0.3 is 0 Å².